The van der Waals surface area contributed by atoms with Gasteiger partial charge in [-0.1, -0.05) is 30.3 Å². The second-order valence-electron chi connectivity index (χ2n) is 6.97. The van der Waals surface area contributed by atoms with Crippen LogP contribution in [0.15, 0.2) is 91.5 Å². The first-order valence-electron chi connectivity index (χ1n) is 9.50. The molecule has 0 saturated heterocycles. The van der Waals surface area contributed by atoms with Crippen LogP contribution in [0.5, 0.6) is 0 Å². The number of nitriles is 1. The van der Waals surface area contributed by atoms with Gasteiger partial charge in [0.25, 0.3) is 0 Å². The lowest BCUT2D eigenvalue weighted by Gasteiger charge is -2.28. The largest absolute Gasteiger partial charge is 0.264 e. The molecule has 1 unspecified atom stereocenters. The maximum Gasteiger partial charge on any atom is 0.0991 e. The number of hydrogen-bond donors (Lipinski definition) is 0. The van der Waals surface area contributed by atoms with E-state index in [2.05, 4.69) is 34.2 Å². The highest BCUT2D eigenvalue weighted by molar-refractivity contribution is 5.43. The van der Waals surface area contributed by atoms with Crippen molar-refractivity contribution in [1.82, 2.24) is 15.0 Å². The van der Waals surface area contributed by atoms with Crippen LogP contribution in [0.2, 0.25) is 0 Å². The molecule has 0 fully saturated rings. The highest BCUT2D eigenvalue weighted by Gasteiger charge is 2.29. The molecule has 3 heterocycles. The van der Waals surface area contributed by atoms with Crippen molar-refractivity contribution in [3.05, 3.63) is 125 Å². The fraction of sp³-hybridized carbons (Fsp3) is 0.120. The second kappa shape index (κ2) is 8.45. The van der Waals surface area contributed by atoms with Gasteiger partial charge in [0.05, 0.1) is 11.6 Å². The molecule has 4 rings (SSSR count). The first-order chi connectivity index (χ1) is 14.3. The Morgan fingerprint density at radius 2 is 1.38 bits per heavy atom. The van der Waals surface area contributed by atoms with Crippen molar-refractivity contribution >= 4 is 0 Å². The van der Waals surface area contributed by atoms with Gasteiger partial charge in [0, 0.05) is 48.0 Å². The van der Waals surface area contributed by atoms with E-state index in [0.29, 0.717) is 5.56 Å². The number of hydrogen-bond acceptors (Lipinski definition) is 4. The van der Waals surface area contributed by atoms with Gasteiger partial charge in [-0.3, -0.25) is 15.0 Å². The number of aromatic nitrogens is 3. The molecule has 0 amide bonds. The summed E-state index contributed by atoms with van der Waals surface area (Å²) in [5, 5.41) is 9.21. The predicted octanol–water partition coefficient (Wildman–Crippen LogP) is 5.02. The third-order valence-electron chi connectivity index (χ3n) is 5.05. The Morgan fingerprint density at radius 1 is 0.724 bits per heavy atom. The summed E-state index contributed by atoms with van der Waals surface area (Å²) in [6.07, 6.45) is 7.38. The van der Waals surface area contributed by atoms with Gasteiger partial charge in [-0.2, -0.15) is 5.26 Å². The quantitative estimate of drug-likeness (QED) is 0.491. The van der Waals surface area contributed by atoms with Gasteiger partial charge < -0.3 is 0 Å². The van der Waals surface area contributed by atoms with Crippen LogP contribution in [0.3, 0.4) is 0 Å². The van der Waals surface area contributed by atoms with Crippen molar-refractivity contribution in [2.45, 2.75) is 18.8 Å². The normalized spacial score (nSPS) is 11.8. The highest BCUT2D eigenvalue weighted by Crippen LogP contribution is 2.41. The van der Waals surface area contributed by atoms with Crippen LogP contribution in [0.4, 0.5) is 0 Å². The summed E-state index contributed by atoms with van der Waals surface area (Å²) >= 11 is 0. The molecular formula is C25H20N4. The van der Waals surface area contributed by atoms with Crippen molar-refractivity contribution in [3.8, 4) is 6.07 Å². The van der Waals surface area contributed by atoms with Gasteiger partial charge in [-0.05, 0) is 60.0 Å². The third-order valence-corrected chi connectivity index (χ3v) is 5.05. The van der Waals surface area contributed by atoms with E-state index < -0.39 is 0 Å². The molecule has 4 aromatic rings. The van der Waals surface area contributed by atoms with Crippen molar-refractivity contribution in [2.75, 3.05) is 0 Å². The Hall–Kier alpha value is -3.84. The van der Waals surface area contributed by atoms with Crippen LogP contribution in [0.1, 0.15) is 45.5 Å². The summed E-state index contributed by atoms with van der Waals surface area (Å²) in [5.41, 5.74) is 5.88. The number of aryl methyl sites for hydroxylation is 1. The fourth-order valence-corrected chi connectivity index (χ4v) is 3.73. The molecule has 0 aliphatic rings. The van der Waals surface area contributed by atoms with Gasteiger partial charge in [-0.25, -0.2) is 0 Å². The molecule has 0 N–H and O–H groups in total. The van der Waals surface area contributed by atoms with Gasteiger partial charge in [0.2, 0.25) is 0 Å². The highest BCUT2D eigenvalue weighted by atomic mass is 14.7. The Morgan fingerprint density at radius 3 is 1.90 bits per heavy atom. The van der Waals surface area contributed by atoms with Gasteiger partial charge in [0.15, 0.2) is 0 Å². The number of benzene rings is 1. The van der Waals surface area contributed by atoms with Crippen LogP contribution in [0.25, 0.3) is 0 Å². The Balaban J connectivity index is 1.94. The van der Waals surface area contributed by atoms with Crippen molar-refractivity contribution in [3.63, 3.8) is 0 Å². The van der Waals surface area contributed by atoms with Crippen molar-refractivity contribution in [1.29, 1.82) is 5.26 Å². The predicted molar refractivity (Wildman–Crippen MR) is 112 cm³/mol. The summed E-state index contributed by atoms with van der Waals surface area (Å²) in [5.74, 6) is -0.0596. The van der Waals surface area contributed by atoms with Crippen molar-refractivity contribution in [2.24, 2.45) is 0 Å². The minimum atomic E-state index is -0.0453. The smallest absolute Gasteiger partial charge is 0.0991 e. The van der Waals surface area contributed by atoms with E-state index >= 15 is 0 Å². The Bertz CT molecular complexity index is 1080. The van der Waals surface area contributed by atoms with E-state index in [4.69, 9.17) is 4.98 Å². The number of pyridine rings is 3. The summed E-state index contributed by atoms with van der Waals surface area (Å²) in [6.45, 7) is 2.00. The first kappa shape index (κ1) is 18.5. The summed E-state index contributed by atoms with van der Waals surface area (Å²) in [6, 6.07) is 24.2. The molecule has 4 heteroatoms. The molecule has 0 aliphatic heterocycles. The van der Waals surface area contributed by atoms with E-state index in [1.807, 2.05) is 67.8 Å². The third kappa shape index (κ3) is 4.04. The molecule has 0 bridgehead atoms. The molecular weight excluding hydrogens is 356 g/mol. The molecule has 4 nitrogen and oxygen atoms in total. The monoisotopic (exact) mass is 376 g/mol. The zero-order valence-electron chi connectivity index (χ0n) is 16.1. The summed E-state index contributed by atoms with van der Waals surface area (Å²) < 4.78 is 0. The molecule has 140 valence electrons. The van der Waals surface area contributed by atoms with Gasteiger partial charge in [-0.15, -0.1) is 0 Å². The molecule has 1 atom stereocenters. The van der Waals surface area contributed by atoms with E-state index in [0.717, 1.165) is 28.1 Å². The van der Waals surface area contributed by atoms with Crippen LogP contribution in [-0.4, -0.2) is 15.0 Å². The Kier molecular flexibility index (Phi) is 5.40. The minimum Gasteiger partial charge on any atom is -0.264 e. The second-order valence-corrected chi connectivity index (χ2v) is 6.97. The lowest BCUT2D eigenvalue weighted by molar-refractivity contribution is 0.667. The van der Waals surface area contributed by atoms with E-state index in [-0.39, 0.29) is 11.8 Å². The SMILES string of the molecule is Cc1cccc(C(c2ccc(C#N)cc2)C(c2cccnc2)c2cccnc2)n1. The van der Waals surface area contributed by atoms with Gasteiger partial charge >= 0.3 is 0 Å². The van der Waals surface area contributed by atoms with Crippen LogP contribution < -0.4 is 0 Å². The maximum absolute atomic E-state index is 9.21. The average molecular weight is 376 g/mol. The molecule has 0 spiro atoms. The standard InChI is InChI=1S/C25H20N4/c1-18-5-2-8-23(29-18)25(20-11-9-19(15-26)10-12-20)24(21-6-3-13-27-16-21)22-7-4-14-28-17-22/h2-14,16-17,24-25H,1H3. The molecule has 0 radical (unpaired) electrons. The summed E-state index contributed by atoms with van der Waals surface area (Å²) in [7, 11) is 0. The molecule has 1 aromatic carbocycles. The number of nitrogens with zero attached hydrogens (tertiary/aromatic N) is 4. The van der Waals surface area contributed by atoms with Crippen LogP contribution in [-0.2, 0) is 0 Å². The topological polar surface area (TPSA) is 62.5 Å². The number of rotatable bonds is 5. The zero-order chi connectivity index (χ0) is 20.1. The first-order valence-corrected chi connectivity index (χ1v) is 9.50. The molecule has 29 heavy (non-hydrogen) atoms. The fourth-order valence-electron chi connectivity index (χ4n) is 3.73. The van der Waals surface area contributed by atoms with Gasteiger partial charge in [0.1, 0.15) is 0 Å². The van der Waals surface area contributed by atoms with E-state index in [1.165, 1.54) is 0 Å². The van der Waals surface area contributed by atoms with Crippen molar-refractivity contribution < 1.29 is 0 Å². The minimum absolute atomic E-state index is 0.0142. The van der Waals surface area contributed by atoms with E-state index in [9.17, 15) is 5.26 Å². The molecule has 3 aromatic heterocycles. The van der Waals surface area contributed by atoms with Crippen LogP contribution in [0, 0.1) is 18.3 Å². The maximum atomic E-state index is 9.21. The van der Waals surface area contributed by atoms with E-state index in [1.54, 1.807) is 12.4 Å². The average Bonchev–Trinajstić information content (AvgIpc) is 2.79. The lowest BCUT2D eigenvalue weighted by atomic mass is 9.76. The molecule has 0 aliphatic carbocycles. The Labute approximate surface area is 170 Å². The zero-order valence-corrected chi connectivity index (χ0v) is 16.1. The van der Waals surface area contributed by atoms with Crippen LogP contribution >= 0.6 is 0 Å². The summed E-state index contributed by atoms with van der Waals surface area (Å²) in [4.78, 5) is 13.6. The lowest BCUT2D eigenvalue weighted by Crippen LogP contribution is -2.16. The molecule has 0 saturated carbocycles.